The zero-order valence-electron chi connectivity index (χ0n) is 7.13. The number of hydrogen-bond donors (Lipinski definition) is 1. The van der Waals surface area contributed by atoms with E-state index in [-0.39, 0.29) is 12.1 Å². The predicted molar refractivity (Wildman–Crippen MR) is 43.6 cm³/mol. The lowest BCUT2D eigenvalue weighted by atomic mass is 10.1. The zero-order chi connectivity index (χ0) is 9.84. The summed E-state index contributed by atoms with van der Waals surface area (Å²) in [6, 6.07) is 0. The van der Waals surface area contributed by atoms with Gasteiger partial charge in [0.1, 0.15) is 5.75 Å². The molecule has 0 aromatic carbocycles. The van der Waals surface area contributed by atoms with E-state index >= 15 is 0 Å². The van der Waals surface area contributed by atoms with E-state index < -0.39 is 6.43 Å². The zero-order valence-corrected chi connectivity index (χ0v) is 7.13. The number of alkyl halides is 2. The van der Waals surface area contributed by atoms with Crippen molar-refractivity contribution in [2.75, 3.05) is 7.11 Å². The number of halogens is 2. The van der Waals surface area contributed by atoms with E-state index in [9.17, 15) is 8.78 Å². The summed E-state index contributed by atoms with van der Waals surface area (Å²) in [6.07, 6.45) is -0.0927. The summed E-state index contributed by atoms with van der Waals surface area (Å²) in [5.41, 5.74) is 5.47. The van der Waals surface area contributed by atoms with Crippen molar-refractivity contribution in [3.63, 3.8) is 0 Å². The highest BCUT2D eigenvalue weighted by atomic mass is 19.3. The summed E-state index contributed by atoms with van der Waals surface area (Å²) < 4.78 is 29.6. The van der Waals surface area contributed by atoms with Gasteiger partial charge in [0, 0.05) is 23.9 Å². The molecule has 13 heavy (non-hydrogen) atoms. The van der Waals surface area contributed by atoms with Crippen LogP contribution in [0.5, 0.6) is 5.75 Å². The number of nitrogens with zero attached hydrogens (tertiary/aromatic N) is 1. The molecule has 1 heterocycles. The number of rotatable bonds is 3. The third kappa shape index (κ3) is 1.92. The molecule has 0 unspecified atom stereocenters. The molecule has 0 bridgehead atoms. The molecule has 72 valence electrons. The van der Waals surface area contributed by atoms with E-state index in [1.807, 2.05) is 0 Å². The Morgan fingerprint density at radius 3 is 2.69 bits per heavy atom. The van der Waals surface area contributed by atoms with E-state index in [1.165, 1.54) is 13.3 Å². The van der Waals surface area contributed by atoms with Crippen LogP contribution in [0.4, 0.5) is 8.78 Å². The van der Waals surface area contributed by atoms with Gasteiger partial charge in [-0.15, -0.1) is 0 Å². The number of aromatic nitrogens is 1. The predicted octanol–water partition coefficient (Wildman–Crippen LogP) is 1.49. The lowest BCUT2D eigenvalue weighted by molar-refractivity contribution is 0.149. The summed E-state index contributed by atoms with van der Waals surface area (Å²) in [5, 5.41) is 0. The Hall–Kier alpha value is -1.23. The van der Waals surface area contributed by atoms with Crippen LogP contribution in [0.1, 0.15) is 17.6 Å². The molecule has 0 fully saturated rings. The van der Waals surface area contributed by atoms with Gasteiger partial charge in [-0.3, -0.25) is 4.98 Å². The minimum Gasteiger partial charge on any atom is -0.495 e. The normalized spacial score (nSPS) is 10.5. The van der Waals surface area contributed by atoms with Gasteiger partial charge in [-0.1, -0.05) is 0 Å². The van der Waals surface area contributed by atoms with Gasteiger partial charge in [0.25, 0.3) is 6.43 Å². The monoisotopic (exact) mass is 188 g/mol. The lowest BCUT2D eigenvalue weighted by Crippen LogP contribution is -2.05. The maximum Gasteiger partial charge on any atom is 0.265 e. The van der Waals surface area contributed by atoms with E-state index in [2.05, 4.69) is 4.98 Å². The molecule has 0 amide bonds. The fourth-order valence-electron chi connectivity index (χ4n) is 1.07. The number of ether oxygens (including phenoxy) is 1. The Labute approximate surface area is 74.5 Å². The SMILES string of the molecule is COc1cncc(C(F)F)c1CN. The Morgan fingerprint density at radius 2 is 2.23 bits per heavy atom. The highest BCUT2D eigenvalue weighted by molar-refractivity contribution is 5.37. The van der Waals surface area contributed by atoms with Gasteiger partial charge in [0.15, 0.2) is 0 Å². The average Bonchev–Trinajstić information content (AvgIpc) is 2.16. The number of nitrogens with two attached hydrogens (primary N) is 1. The fourth-order valence-corrected chi connectivity index (χ4v) is 1.07. The van der Waals surface area contributed by atoms with Crippen LogP contribution < -0.4 is 10.5 Å². The first-order valence-corrected chi connectivity index (χ1v) is 3.69. The second kappa shape index (κ2) is 4.13. The van der Waals surface area contributed by atoms with Crippen LogP contribution in [-0.2, 0) is 6.54 Å². The first kappa shape index (κ1) is 9.85. The topological polar surface area (TPSA) is 48.1 Å². The van der Waals surface area contributed by atoms with Crippen LogP contribution in [0.15, 0.2) is 12.4 Å². The molecular weight excluding hydrogens is 178 g/mol. The maximum absolute atomic E-state index is 12.4. The summed E-state index contributed by atoms with van der Waals surface area (Å²) in [7, 11) is 1.39. The van der Waals surface area contributed by atoms with Crippen molar-refractivity contribution < 1.29 is 13.5 Å². The summed E-state index contributed by atoms with van der Waals surface area (Å²) in [5.74, 6) is 0.306. The molecule has 0 saturated heterocycles. The fraction of sp³-hybridized carbons (Fsp3) is 0.375. The average molecular weight is 188 g/mol. The maximum atomic E-state index is 12.4. The largest absolute Gasteiger partial charge is 0.495 e. The van der Waals surface area contributed by atoms with E-state index in [4.69, 9.17) is 10.5 Å². The molecule has 0 spiro atoms. The summed E-state index contributed by atoms with van der Waals surface area (Å²) in [6.45, 7) is 0.0192. The van der Waals surface area contributed by atoms with E-state index in [0.29, 0.717) is 11.3 Å². The number of methoxy groups -OCH3 is 1. The molecule has 0 radical (unpaired) electrons. The van der Waals surface area contributed by atoms with Crippen molar-refractivity contribution in [3.05, 3.63) is 23.5 Å². The van der Waals surface area contributed by atoms with Crippen molar-refractivity contribution in [1.29, 1.82) is 0 Å². The summed E-state index contributed by atoms with van der Waals surface area (Å²) >= 11 is 0. The van der Waals surface area contributed by atoms with Crippen LogP contribution in [0.25, 0.3) is 0 Å². The molecule has 5 heteroatoms. The quantitative estimate of drug-likeness (QED) is 0.781. The number of hydrogen-bond acceptors (Lipinski definition) is 3. The van der Waals surface area contributed by atoms with E-state index in [0.717, 1.165) is 6.20 Å². The van der Waals surface area contributed by atoms with E-state index in [1.54, 1.807) is 0 Å². The molecular formula is C8H10F2N2O. The van der Waals surface area contributed by atoms with Crippen molar-refractivity contribution in [3.8, 4) is 5.75 Å². The highest BCUT2D eigenvalue weighted by Gasteiger charge is 2.15. The molecule has 1 aromatic heterocycles. The molecule has 3 nitrogen and oxygen atoms in total. The van der Waals surface area contributed by atoms with Gasteiger partial charge in [-0.25, -0.2) is 8.78 Å². The molecule has 1 rings (SSSR count). The van der Waals surface area contributed by atoms with Gasteiger partial charge in [0.05, 0.1) is 13.3 Å². The van der Waals surface area contributed by atoms with Gasteiger partial charge in [0.2, 0.25) is 0 Å². The Balaban J connectivity index is 3.19. The Morgan fingerprint density at radius 1 is 1.54 bits per heavy atom. The summed E-state index contributed by atoms with van der Waals surface area (Å²) in [4.78, 5) is 3.62. The van der Waals surface area contributed by atoms with Crippen LogP contribution in [0.3, 0.4) is 0 Å². The smallest absolute Gasteiger partial charge is 0.265 e. The third-order valence-electron chi connectivity index (χ3n) is 1.71. The molecule has 1 aromatic rings. The van der Waals surface area contributed by atoms with Crippen LogP contribution in [-0.4, -0.2) is 12.1 Å². The minimum absolute atomic E-state index is 0.0192. The van der Waals surface area contributed by atoms with Crippen molar-refractivity contribution in [1.82, 2.24) is 4.98 Å². The number of pyridine rings is 1. The van der Waals surface area contributed by atoms with Crippen LogP contribution >= 0.6 is 0 Å². The molecule has 0 atom stereocenters. The second-order valence-electron chi connectivity index (χ2n) is 2.41. The second-order valence-corrected chi connectivity index (χ2v) is 2.41. The highest BCUT2D eigenvalue weighted by Crippen LogP contribution is 2.27. The molecule has 0 saturated carbocycles. The van der Waals surface area contributed by atoms with Gasteiger partial charge in [-0.05, 0) is 0 Å². The standard InChI is InChI=1S/C8H10F2N2O/c1-13-7-4-12-3-6(8(9)10)5(7)2-11/h3-4,8H,2,11H2,1H3. The minimum atomic E-state index is -2.57. The van der Waals surface area contributed by atoms with Crippen molar-refractivity contribution >= 4 is 0 Å². The van der Waals surface area contributed by atoms with Crippen molar-refractivity contribution in [2.24, 2.45) is 5.73 Å². The first-order chi connectivity index (χ1) is 6.20. The van der Waals surface area contributed by atoms with Gasteiger partial charge >= 0.3 is 0 Å². The first-order valence-electron chi connectivity index (χ1n) is 3.69. The van der Waals surface area contributed by atoms with Gasteiger partial charge < -0.3 is 10.5 Å². The lowest BCUT2D eigenvalue weighted by Gasteiger charge is -2.10. The molecule has 0 aliphatic heterocycles. The Kier molecular flexibility index (Phi) is 3.13. The van der Waals surface area contributed by atoms with Gasteiger partial charge in [-0.2, -0.15) is 0 Å². The Bertz CT molecular complexity index is 291. The molecule has 2 N–H and O–H groups in total. The molecule has 0 aliphatic rings. The van der Waals surface area contributed by atoms with Crippen molar-refractivity contribution in [2.45, 2.75) is 13.0 Å². The third-order valence-corrected chi connectivity index (χ3v) is 1.71. The van der Waals surface area contributed by atoms with Crippen LogP contribution in [0.2, 0.25) is 0 Å². The van der Waals surface area contributed by atoms with Crippen LogP contribution in [0, 0.1) is 0 Å². The molecule has 0 aliphatic carbocycles.